The molecule has 3 rings (SSSR count). The number of nitrogens with one attached hydrogen (secondary N) is 1. The smallest absolute Gasteiger partial charge is 0.0538 e. The average Bonchev–Trinajstić information content (AvgIpc) is 3.07. The molecule has 2 heteroatoms. The lowest BCUT2D eigenvalue weighted by atomic mass is 9.80. The maximum absolute atomic E-state index is 5.74. The molecule has 2 aliphatic rings. The van der Waals surface area contributed by atoms with E-state index in [1.165, 1.54) is 31.2 Å². The Hall–Kier alpha value is -0.860. The first-order valence-electron chi connectivity index (χ1n) is 8.56. The van der Waals surface area contributed by atoms with E-state index in [4.69, 9.17) is 4.74 Å². The fourth-order valence-electron chi connectivity index (χ4n) is 3.79. The second-order valence-electron chi connectivity index (χ2n) is 7.46. The molecule has 2 nitrogen and oxygen atoms in total. The van der Waals surface area contributed by atoms with Crippen LogP contribution in [0.25, 0.3) is 0 Å². The highest BCUT2D eigenvalue weighted by Gasteiger charge is 2.35. The van der Waals surface area contributed by atoms with Crippen LogP contribution in [-0.2, 0) is 24.0 Å². The van der Waals surface area contributed by atoms with Gasteiger partial charge in [0.2, 0.25) is 0 Å². The van der Waals surface area contributed by atoms with Crippen molar-refractivity contribution >= 4 is 0 Å². The Kier molecular flexibility index (Phi) is 4.66. The van der Waals surface area contributed by atoms with Gasteiger partial charge in [-0.15, -0.1) is 0 Å². The summed E-state index contributed by atoms with van der Waals surface area (Å²) in [5.74, 6) is 0.712. The van der Waals surface area contributed by atoms with Crippen molar-refractivity contribution in [3.8, 4) is 0 Å². The third-order valence-corrected chi connectivity index (χ3v) is 4.98. The van der Waals surface area contributed by atoms with E-state index < -0.39 is 0 Å². The molecule has 0 saturated carbocycles. The van der Waals surface area contributed by atoms with Crippen LogP contribution in [0.5, 0.6) is 0 Å². The normalized spacial score (nSPS) is 24.7. The Bertz CT molecular complexity index is 474. The van der Waals surface area contributed by atoms with Crippen LogP contribution in [0.4, 0.5) is 0 Å². The Labute approximate surface area is 129 Å². The molecule has 1 aliphatic heterocycles. The lowest BCUT2D eigenvalue weighted by Gasteiger charge is -2.28. The Morgan fingerprint density at radius 1 is 1.24 bits per heavy atom. The van der Waals surface area contributed by atoms with Gasteiger partial charge in [0.25, 0.3) is 0 Å². The quantitative estimate of drug-likeness (QED) is 0.866. The van der Waals surface area contributed by atoms with Crippen molar-refractivity contribution in [1.82, 2.24) is 5.32 Å². The van der Waals surface area contributed by atoms with Gasteiger partial charge in [-0.25, -0.2) is 0 Å². The first-order valence-corrected chi connectivity index (χ1v) is 8.56. The number of hydrogen-bond acceptors (Lipinski definition) is 2. The standard InChI is InChI=1S/C19H29NO/c1-15(2)12-20-13-19(8-9-21-14-19)11-16-6-7-17-4-3-5-18(17)10-16/h6-7,10,15,20H,3-5,8-9,11-14H2,1-2H3. The molecule has 1 aromatic carbocycles. The highest BCUT2D eigenvalue weighted by atomic mass is 16.5. The molecule has 1 aliphatic carbocycles. The molecule has 1 saturated heterocycles. The monoisotopic (exact) mass is 287 g/mol. The summed E-state index contributed by atoms with van der Waals surface area (Å²) in [6, 6.07) is 7.18. The minimum Gasteiger partial charge on any atom is -0.381 e. The third-order valence-electron chi connectivity index (χ3n) is 4.98. The molecule has 1 atom stereocenters. The van der Waals surface area contributed by atoms with Gasteiger partial charge >= 0.3 is 0 Å². The van der Waals surface area contributed by atoms with Gasteiger partial charge < -0.3 is 10.1 Å². The highest BCUT2D eigenvalue weighted by Crippen LogP contribution is 2.33. The number of hydrogen-bond donors (Lipinski definition) is 1. The average molecular weight is 287 g/mol. The van der Waals surface area contributed by atoms with Crippen molar-refractivity contribution in [2.24, 2.45) is 11.3 Å². The fraction of sp³-hybridized carbons (Fsp3) is 0.684. The van der Waals surface area contributed by atoms with Crippen LogP contribution in [0, 0.1) is 11.3 Å². The molecular weight excluding hydrogens is 258 g/mol. The molecule has 0 amide bonds. The number of rotatable bonds is 6. The summed E-state index contributed by atoms with van der Waals surface area (Å²) in [4.78, 5) is 0. The Balaban J connectivity index is 1.67. The number of benzene rings is 1. The molecule has 1 unspecified atom stereocenters. The second kappa shape index (κ2) is 6.50. The largest absolute Gasteiger partial charge is 0.381 e. The zero-order valence-corrected chi connectivity index (χ0v) is 13.6. The van der Waals surface area contributed by atoms with Gasteiger partial charge in [0.05, 0.1) is 6.61 Å². The third kappa shape index (κ3) is 3.67. The molecule has 1 aromatic rings. The van der Waals surface area contributed by atoms with E-state index in [-0.39, 0.29) is 0 Å². The van der Waals surface area contributed by atoms with Gasteiger partial charge in [-0.1, -0.05) is 32.0 Å². The van der Waals surface area contributed by atoms with Crippen molar-refractivity contribution in [2.45, 2.75) is 46.0 Å². The summed E-state index contributed by atoms with van der Waals surface area (Å²) in [7, 11) is 0. The maximum Gasteiger partial charge on any atom is 0.0538 e. The van der Waals surface area contributed by atoms with E-state index in [1.54, 1.807) is 11.1 Å². The van der Waals surface area contributed by atoms with Crippen molar-refractivity contribution in [3.05, 3.63) is 34.9 Å². The molecule has 0 aromatic heterocycles. The minimum absolute atomic E-state index is 0.307. The minimum atomic E-state index is 0.307. The lowest BCUT2D eigenvalue weighted by Crippen LogP contribution is -2.38. The van der Waals surface area contributed by atoms with Crippen molar-refractivity contribution in [3.63, 3.8) is 0 Å². The summed E-state index contributed by atoms with van der Waals surface area (Å²) in [6.45, 7) is 8.56. The predicted molar refractivity (Wildman–Crippen MR) is 87.7 cm³/mol. The van der Waals surface area contributed by atoms with E-state index in [0.29, 0.717) is 11.3 Å². The van der Waals surface area contributed by atoms with E-state index in [9.17, 15) is 0 Å². The van der Waals surface area contributed by atoms with Crippen molar-refractivity contribution < 1.29 is 4.74 Å². The molecule has 1 fully saturated rings. The SMILES string of the molecule is CC(C)CNCC1(Cc2ccc3c(c2)CCC3)CCOC1. The molecular formula is C19H29NO. The molecule has 1 N–H and O–H groups in total. The molecule has 0 spiro atoms. The van der Waals surface area contributed by atoms with Gasteiger partial charge in [-0.2, -0.15) is 0 Å². The predicted octanol–water partition coefficient (Wildman–Crippen LogP) is 3.37. The van der Waals surface area contributed by atoms with Gasteiger partial charge in [0.1, 0.15) is 0 Å². The first kappa shape index (κ1) is 15.1. The zero-order valence-electron chi connectivity index (χ0n) is 13.6. The first-order chi connectivity index (χ1) is 10.2. The van der Waals surface area contributed by atoms with Crippen LogP contribution >= 0.6 is 0 Å². The van der Waals surface area contributed by atoms with Crippen LogP contribution in [-0.4, -0.2) is 26.3 Å². The topological polar surface area (TPSA) is 21.3 Å². The molecule has 0 radical (unpaired) electrons. The molecule has 116 valence electrons. The van der Waals surface area contributed by atoms with Crippen LogP contribution in [0.2, 0.25) is 0 Å². The van der Waals surface area contributed by atoms with Crippen LogP contribution in [0.1, 0.15) is 43.4 Å². The fourth-order valence-corrected chi connectivity index (χ4v) is 3.79. The zero-order chi connectivity index (χ0) is 14.7. The second-order valence-corrected chi connectivity index (χ2v) is 7.46. The Morgan fingerprint density at radius 3 is 2.86 bits per heavy atom. The van der Waals surface area contributed by atoms with E-state index in [2.05, 4.69) is 37.4 Å². The van der Waals surface area contributed by atoms with E-state index in [0.717, 1.165) is 32.7 Å². The molecule has 21 heavy (non-hydrogen) atoms. The maximum atomic E-state index is 5.74. The lowest BCUT2D eigenvalue weighted by molar-refractivity contribution is 0.148. The summed E-state index contributed by atoms with van der Waals surface area (Å²) in [5.41, 5.74) is 4.99. The van der Waals surface area contributed by atoms with Gasteiger partial charge in [0, 0.05) is 18.6 Å². The van der Waals surface area contributed by atoms with Crippen LogP contribution in [0.15, 0.2) is 18.2 Å². The van der Waals surface area contributed by atoms with Crippen molar-refractivity contribution in [2.75, 3.05) is 26.3 Å². The van der Waals surface area contributed by atoms with Crippen LogP contribution in [0.3, 0.4) is 0 Å². The molecule has 1 heterocycles. The summed E-state index contributed by atoms with van der Waals surface area (Å²) in [6.07, 6.45) is 6.24. The van der Waals surface area contributed by atoms with Crippen LogP contribution < -0.4 is 5.32 Å². The summed E-state index contributed by atoms with van der Waals surface area (Å²) < 4.78 is 5.74. The number of fused-ring (bicyclic) bond motifs is 1. The summed E-state index contributed by atoms with van der Waals surface area (Å²) >= 11 is 0. The van der Waals surface area contributed by atoms with Gasteiger partial charge in [0.15, 0.2) is 0 Å². The van der Waals surface area contributed by atoms with Gasteiger partial charge in [-0.05, 0) is 61.3 Å². The highest BCUT2D eigenvalue weighted by molar-refractivity contribution is 5.35. The number of aryl methyl sites for hydroxylation is 2. The van der Waals surface area contributed by atoms with Crippen molar-refractivity contribution in [1.29, 1.82) is 0 Å². The number of ether oxygens (including phenoxy) is 1. The molecule has 0 bridgehead atoms. The van der Waals surface area contributed by atoms with E-state index >= 15 is 0 Å². The summed E-state index contributed by atoms with van der Waals surface area (Å²) in [5, 5.41) is 3.66. The Morgan fingerprint density at radius 2 is 2.10 bits per heavy atom. The van der Waals surface area contributed by atoms with E-state index in [1.807, 2.05) is 0 Å². The van der Waals surface area contributed by atoms with Gasteiger partial charge in [-0.3, -0.25) is 0 Å².